The SMILES string of the molecule is CCCC(C)(O)CNc1nc(N)nc2[nH]ncc12. The number of aromatic amines is 1. The van der Waals surface area contributed by atoms with Crippen LogP contribution in [-0.4, -0.2) is 37.4 Å². The normalized spacial score (nSPS) is 14.6. The highest BCUT2D eigenvalue weighted by atomic mass is 16.3. The van der Waals surface area contributed by atoms with E-state index < -0.39 is 5.60 Å². The maximum atomic E-state index is 10.1. The van der Waals surface area contributed by atoms with E-state index in [1.807, 2.05) is 6.92 Å². The van der Waals surface area contributed by atoms with E-state index in [4.69, 9.17) is 5.73 Å². The molecule has 1 atom stereocenters. The van der Waals surface area contributed by atoms with E-state index in [2.05, 4.69) is 25.5 Å². The number of aliphatic hydroxyl groups is 1. The molecular formula is C11H18N6O. The van der Waals surface area contributed by atoms with Crippen molar-refractivity contribution in [1.29, 1.82) is 0 Å². The summed E-state index contributed by atoms with van der Waals surface area (Å²) in [4.78, 5) is 8.14. The highest BCUT2D eigenvalue weighted by Gasteiger charge is 2.19. The molecule has 0 saturated heterocycles. The van der Waals surface area contributed by atoms with E-state index in [0.29, 0.717) is 18.0 Å². The number of H-pyrrole nitrogens is 1. The van der Waals surface area contributed by atoms with Gasteiger partial charge in [-0.3, -0.25) is 5.10 Å². The molecule has 0 radical (unpaired) electrons. The first-order chi connectivity index (χ1) is 8.52. The van der Waals surface area contributed by atoms with Crippen LogP contribution in [0.25, 0.3) is 11.0 Å². The number of rotatable bonds is 5. The summed E-state index contributed by atoms with van der Waals surface area (Å²) < 4.78 is 0. The van der Waals surface area contributed by atoms with E-state index in [9.17, 15) is 5.11 Å². The molecule has 0 spiro atoms. The first-order valence-corrected chi connectivity index (χ1v) is 5.94. The maximum Gasteiger partial charge on any atom is 0.224 e. The summed E-state index contributed by atoms with van der Waals surface area (Å²) >= 11 is 0. The largest absolute Gasteiger partial charge is 0.388 e. The van der Waals surface area contributed by atoms with Gasteiger partial charge < -0.3 is 16.2 Å². The predicted molar refractivity (Wildman–Crippen MR) is 70.1 cm³/mol. The molecule has 0 aliphatic rings. The average Bonchev–Trinajstić information content (AvgIpc) is 2.73. The van der Waals surface area contributed by atoms with Crippen LogP contribution < -0.4 is 11.1 Å². The first kappa shape index (κ1) is 12.6. The van der Waals surface area contributed by atoms with Gasteiger partial charge in [0, 0.05) is 6.54 Å². The van der Waals surface area contributed by atoms with Crippen molar-refractivity contribution in [1.82, 2.24) is 20.2 Å². The first-order valence-electron chi connectivity index (χ1n) is 5.94. The molecule has 98 valence electrons. The molecule has 0 bridgehead atoms. The number of hydrogen-bond acceptors (Lipinski definition) is 6. The van der Waals surface area contributed by atoms with Gasteiger partial charge in [0.15, 0.2) is 5.65 Å². The van der Waals surface area contributed by atoms with Crippen molar-refractivity contribution in [2.75, 3.05) is 17.6 Å². The van der Waals surface area contributed by atoms with Crippen LogP contribution in [-0.2, 0) is 0 Å². The van der Waals surface area contributed by atoms with Crippen molar-refractivity contribution in [3.8, 4) is 0 Å². The average molecular weight is 250 g/mol. The summed E-state index contributed by atoms with van der Waals surface area (Å²) in [7, 11) is 0. The van der Waals surface area contributed by atoms with E-state index in [-0.39, 0.29) is 5.95 Å². The lowest BCUT2D eigenvalue weighted by atomic mass is 10.0. The second kappa shape index (κ2) is 4.77. The highest BCUT2D eigenvalue weighted by Crippen LogP contribution is 2.20. The van der Waals surface area contributed by atoms with Crippen LogP contribution in [0.5, 0.6) is 0 Å². The fourth-order valence-electron chi connectivity index (χ4n) is 1.89. The quantitative estimate of drug-likeness (QED) is 0.627. The van der Waals surface area contributed by atoms with Gasteiger partial charge in [-0.25, -0.2) is 0 Å². The second-order valence-corrected chi connectivity index (χ2v) is 4.66. The summed E-state index contributed by atoms with van der Waals surface area (Å²) in [6.45, 7) is 4.23. The van der Waals surface area contributed by atoms with Crippen molar-refractivity contribution in [3.05, 3.63) is 6.20 Å². The van der Waals surface area contributed by atoms with Crippen LogP contribution in [0.3, 0.4) is 0 Å². The molecule has 0 aromatic carbocycles. The molecule has 1 unspecified atom stereocenters. The monoisotopic (exact) mass is 250 g/mol. The third kappa shape index (κ3) is 2.67. The molecule has 0 saturated carbocycles. The lowest BCUT2D eigenvalue weighted by Crippen LogP contribution is -2.33. The maximum absolute atomic E-state index is 10.1. The molecule has 7 nitrogen and oxygen atoms in total. The van der Waals surface area contributed by atoms with Gasteiger partial charge >= 0.3 is 0 Å². The Balaban J connectivity index is 2.19. The van der Waals surface area contributed by atoms with Crippen LogP contribution in [0.15, 0.2) is 6.20 Å². The van der Waals surface area contributed by atoms with Gasteiger partial charge in [-0.15, -0.1) is 0 Å². The van der Waals surface area contributed by atoms with Gasteiger partial charge in [0.2, 0.25) is 5.95 Å². The number of aromatic nitrogens is 4. The Morgan fingerprint density at radius 3 is 3.00 bits per heavy atom. The topological polar surface area (TPSA) is 113 Å². The molecule has 18 heavy (non-hydrogen) atoms. The van der Waals surface area contributed by atoms with Crippen LogP contribution in [0.4, 0.5) is 11.8 Å². The summed E-state index contributed by atoms with van der Waals surface area (Å²) in [5.74, 6) is 0.756. The van der Waals surface area contributed by atoms with E-state index >= 15 is 0 Å². The van der Waals surface area contributed by atoms with E-state index in [0.717, 1.165) is 18.2 Å². The van der Waals surface area contributed by atoms with Gasteiger partial charge in [-0.05, 0) is 13.3 Å². The standard InChI is InChI=1S/C11H18N6O/c1-3-4-11(2,18)6-13-8-7-5-14-17-9(7)16-10(12)15-8/h5,18H,3-4,6H2,1-2H3,(H4,12,13,14,15,16,17). The fraction of sp³-hybridized carbons (Fsp3) is 0.545. The Morgan fingerprint density at radius 1 is 1.50 bits per heavy atom. The molecule has 2 rings (SSSR count). The molecule has 0 fully saturated rings. The fourth-order valence-corrected chi connectivity index (χ4v) is 1.89. The smallest absolute Gasteiger partial charge is 0.224 e. The number of nitrogen functional groups attached to an aromatic ring is 1. The predicted octanol–water partition coefficient (Wildman–Crippen LogP) is 0.898. The number of nitrogens with one attached hydrogen (secondary N) is 2. The Morgan fingerprint density at radius 2 is 2.28 bits per heavy atom. The van der Waals surface area contributed by atoms with Gasteiger partial charge in [-0.2, -0.15) is 15.1 Å². The van der Waals surface area contributed by atoms with Gasteiger partial charge in [0.25, 0.3) is 0 Å². The van der Waals surface area contributed by atoms with Gasteiger partial charge in [0.1, 0.15) is 5.82 Å². The molecule has 2 aromatic heterocycles. The number of fused-ring (bicyclic) bond motifs is 1. The number of nitrogens with two attached hydrogens (primary N) is 1. The number of anilines is 2. The summed E-state index contributed by atoms with van der Waals surface area (Å²) in [6, 6.07) is 0. The zero-order chi connectivity index (χ0) is 13.2. The van der Waals surface area contributed by atoms with Crippen molar-refractivity contribution < 1.29 is 5.11 Å². The lowest BCUT2D eigenvalue weighted by Gasteiger charge is -2.23. The Bertz CT molecular complexity index is 535. The van der Waals surface area contributed by atoms with Crippen molar-refractivity contribution >= 4 is 22.8 Å². The van der Waals surface area contributed by atoms with Gasteiger partial charge in [0.05, 0.1) is 17.2 Å². The molecule has 0 aliphatic heterocycles. The Kier molecular flexibility index (Phi) is 3.33. The van der Waals surface area contributed by atoms with Crippen LogP contribution in [0, 0.1) is 0 Å². The minimum Gasteiger partial charge on any atom is -0.388 e. The molecular weight excluding hydrogens is 232 g/mol. The molecule has 2 heterocycles. The van der Waals surface area contributed by atoms with Crippen molar-refractivity contribution in [2.24, 2.45) is 0 Å². The molecule has 0 aliphatic carbocycles. The summed E-state index contributed by atoms with van der Waals surface area (Å²) in [5, 5.41) is 20.6. The number of nitrogens with zero attached hydrogens (tertiary/aromatic N) is 3. The zero-order valence-corrected chi connectivity index (χ0v) is 10.6. The molecule has 0 amide bonds. The van der Waals surface area contributed by atoms with Crippen molar-refractivity contribution in [2.45, 2.75) is 32.3 Å². The van der Waals surface area contributed by atoms with Crippen molar-refractivity contribution in [3.63, 3.8) is 0 Å². The number of hydrogen-bond donors (Lipinski definition) is 4. The minimum atomic E-state index is -0.773. The van der Waals surface area contributed by atoms with E-state index in [1.165, 1.54) is 0 Å². The minimum absolute atomic E-state index is 0.171. The Hall–Kier alpha value is -1.89. The zero-order valence-electron chi connectivity index (χ0n) is 10.6. The molecule has 2 aromatic rings. The second-order valence-electron chi connectivity index (χ2n) is 4.66. The molecule has 5 N–H and O–H groups in total. The third-order valence-electron chi connectivity index (χ3n) is 2.75. The molecule has 7 heteroatoms. The highest BCUT2D eigenvalue weighted by molar-refractivity contribution is 5.86. The van der Waals surface area contributed by atoms with Crippen LogP contribution >= 0.6 is 0 Å². The summed E-state index contributed by atoms with van der Waals surface area (Å²) in [6.07, 6.45) is 3.27. The Labute approximate surface area is 105 Å². The summed E-state index contributed by atoms with van der Waals surface area (Å²) in [5.41, 5.74) is 5.42. The lowest BCUT2D eigenvalue weighted by molar-refractivity contribution is 0.0636. The van der Waals surface area contributed by atoms with Gasteiger partial charge in [-0.1, -0.05) is 13.3 Å². The third-order valence-corrected chi connectivity index (χ3v) is 2.75. The van der Waals surface area contributed by atoms with Crippen LogP contribution in [0.2, 0.25) is 0 Å². The van der Waals surface area contributed by atoms with E-state index in [1.54, 1.807) is 13.1 Å². The van der Waals surface area contributed by atoms with Crippen LogP contribution in [0.1, 0.15) is 26.7 Å².